The summed E-state index contributed by atoms with van der Waals surface area (Å²) in [5.41, 5.74) is 2.71. The predicted octanol–water partition coefficient (Wildman–Crippen LogP) is 5.08. The zero-order valence-corrected chi connectivity index (χ0v) is 18.4. The van der Waals surface area contributed by atoms with Crippen LogP contribution >= 0.6 is 0 Å². The number of methoxy groups -OCH3 is 1. The van der Waals surface area contributed by atoms with Crippen LogP contribution in [0.3, 0.4) is 0 Å². The first-order valence-corrected chi connectivity index (χ1v) is 10.4. The molecule has 0 aromatic heterocycles. The summed E-state index contributed by atoms with van der Waals surface area (Å²) >= 11 is 0. The average molecular weight is 410 g/mol. The number of carbonyl (C=O) groups excluding carboxylic acids is 2. The Morgan fingerprint density at radius 3 is 2.23 bits per heavy atom. The van der Waals surface area contributed by atoms with Gasteiger partial charge in [-0.3, -0.25) is 4.79 Å². The molecular weight excluding hydrogens is 378 g/mol. The van der Waals surface area contributed by atoms with E-state index in [0.717, 1.165) is 16.7 Å². The minimum Gasteiger partial charge on any atom is -0.443 e. The molecule has 1 heterocycles. The van der Waals surface area contributed by atoms with Crippen LogP contribution in [0, 0.1) is 5.92 Å². The second-order valence-electron chi connectivity index (χ2n) is 8.89. The summed E-state index contributed by atoms with van der Waals surface area (Å²) in [4.78, 5) is 27.1. The molecule has 3 rings (SSSR count). The Balaban J connectivity index is 1.80. The largest absolute Gasteiger partial charge is 0.443 e. The minimum absolute atomic E-state index is 0.218. The number of rotatable bonds is 5. The Hall–Kier alpha value is -2.66. The summed E-state index contributed by atoms with van der Waals surface area (Å²) in [7, 11) is 1.59. The smallest absolute Gasteiger partial charge is 0.417 e. The zero-order valence-electron chi connectivity index (χ0n) is 18.4. The molecule has 1 fully saturated rings. The van der Waals surface area contributed by atoms with Gasteiger partial charge in [-0.2, -0.15) is 0 Å². The lowest BCUT2D eigenvalue weighted by molar-refractivity contribution is -0.134. The van der Waals surface area contributed by atoms with E-state index in [9.17, 15) is 9.59 Å². The van der Waals surface area contributed by atoms with Gasteiger partial charge in [-0.05, 0) is 57.2 Å². The molecule has 160 valence electrons. The van der Waals surface area contributed by atoms with Crippen LogP contribution in [0.4, 0.5) is 4.79 Å². The van der Waals surface area contributed by atoms with Crippen molar-refractivity contribution in [1.29, 1.82) is 0 Å². The third-order valence-electron chi connectivity index (χ3n) is 5.51. The fourth-order valence-electron chi connectivity index (χ4n) is 3.88. The van der Waals surface area contributed by atoms with Crippen LogP contribution in [0.15, 0.2) is 54.6 Å². The highest BCUT2D eigenvalue weighted by Gasteiger charge is 2.46. The van der Waals surface area contributed by atoms with E-state index < -0.39 is 11.7 Å². The number of benzene rings is 2. The van der Waals surface area contributed by atoms with Crippen LogP contribution < -0.4 is 0 Å². The molecule has 2 aromatic rings. The Bertz CT molecular complexity index is 870. The van der Waals surface area contributed by atoms with Gasteiger partial charge in [0.05, 0.1) is 12.0 Å². The Labute approximate surface area is 179 Å². The fourth-order valence-corrected chi connectivity index (χ4v) is 3.88. The molecule has 5 nitrogen and oxygen atoms in total. The zero-order chi connectivity index (χ0) is 21.9. The quantitative estimate of drug-likeness (QED) is 0.691. The molecule has 3 atom stereocenters. The molecule has 1 aliphatic rings. The van der Waals surface area contributed by atoms with Crippen LogP contribution in [-0.4, -0.2) is 41.8 Å². The van der Waals surface area contributed by atoms with Crippen LogP contribution in [0.2, 0.25) is 0 Å². The summed E-state index contributed by atoms with van der Waals surface area (Å²) in [5, 5.41) is 0. The molecule has 2 aromatic carbocycles. The van der Waals surface area contributed by atoms with Crippen molar-refractivity contribution in [3.8, 4) is 11.1 Å². The van der Waals surface area contributed by atoms with Crippen molar-refractivity contribution in [3.63, 3.8) is 0 Å². The second kappa shape index (κ2) is 9.00. The molecule has 2 unspecified atom stereocenters. The van der Waals surface area contributed by atoms with Crippen molar-refractivity contribution in [2.75, 3.05) is 7.11 Å². The van der Waals surface area contributed by atoms with Gasteiger partial charge in [0.1, 0.15) is 5.60 Å². The Kier molecular flexibility index (Phi) is 6.61. The number of hydrogen-bond acceptors (Lipinski definition) is 4. The first-order valence-electron chi connectivity index (χ1n) is 10.4. The van der Waals surface area contributed by atoms with E-state index in [0.29, 0.717) is 12.8 Å². The monoisotopic (exact) mass is 409 g/mol. The van der Waals surface area contributed by atoms with E-state index in [1.165, 1.54) is 4.90 Å². The fraction of sp³-hybridized carbons (Fsp3) is 0.440. The van der Waals surface area contributed by atoms with Crippen LogP contribution in [0.25, 0.3) is 11.1 Å². The summed E-state index contributed by atoms with van der Waals surface area (Å²) in [6.45, 7) is 7.28. The molecule has 1 saturated heterocycles. The van der Waals surface area contributed by atoms with Crippen molar-refractivity contribution in [2.45, 2.75) is 58.3 Å². The van der Waals surface area contributed by atoms with Gasteiger partial charge in [0.2, 0.25) is 5.91 Å². The molecule has 0 bridgehead atoms. The first-order chi connectivity index (χ1) is 14.2. The molecular formula is C25H31NO4. The summed E-state index contributed by atoms with van der Waals surface area (Å²) in [5.74, 6) is -0.569. The Morgan fingerprint density at radius 1 is 1.07 bits per heavy atom. The van der Waals surface area contributed by atoms with E-state index in [4.69, 9.17) is 9.47 Å². The number of imide groups is 1. The first kappa shape index (κ1) is 22.0. The van der Waals surface area contributed by atoms with Crippen molar-refractivity contribution in [3.05, 3.63) is 60.2 Å². The molecule has 30 heavy (non-hydrogen) atoms. The number of likely N-dealkylation sites (tertiary alicyclic amines) is 1. The summed E-state index contributed by atoms with van der Waals surface area (Å²) in [6, 6.07) is 18.2. The highest BCUT2D eigenvalue weighted by Crippen LogP contribution is 2.32. The lowest BCUT2D eigenvalue weighted by Crippen LogP contribution is -2.44. The number of nitrogens with zero attached hydrogens (tertiary/aromatic N) is 1. The molecule has 0 aliphatic carbocycles. The molecule has 2 amide bonds. The SMILES string of the molecule is COC(C)C1C[C@@H](Cc2ccc(-c3ccccc3)cc2)N(C(=O)OC(C)(C)C)C1=O. The molecule has 0 spiro atoms. The van der Waals surface area contributed by atoms with Gasteiger partial charge in [-0.15, -0.1) is 0 Å². The predicted molar refractivity (Wildman–Crippen MR) is 117 cm³/mol. The van der Waals surface area contributed by atoms with E-state index >= 15 is 0 Å². The normalized spacial score (nSPS) is 20.3. The topological polar surface area (TPSA) is 55.8 Å². The van der Waals surface area contributed by atoms with Gasteiger partial charge < -0.3 is 9.47 Å². The Morgan fingerprint density at radius 2 is 1.67 bits per heavy atom. The van der Waals surface area contributed by atoms with Gasteiger partial charge in [-0.25, -0.2) is 9.69 Å². The van der Waals surface area contributed by atoms with Gasteiger partial charge in [-0.1, -0.05) is 54.6 Å². The van der Waals surface area contributed by atoms with E-state index in [1.54, 1.807) is 27.9 Å². The van der Waals surface area contributed by atoms with Crippen molar-refractivity contribution < 1.29 is 19.1 Å². The molecule has 1 aliphatic heterocycles. The number of carbonyl (C=O) groups is 2. The number of amides is 2. The lowest BCUT2D eigenvalue weighted by Gasteiger charge is -2.27. The second-order valence-corrected chi connectivity index (χ2v) is 8.89. The van der Waals surface area contributed by atoms with E-state index in [-0.39, 0.29) is 24.0 Å². The standard InChI is InChI=1S/C25H31NO4/c1-17(29-5)22-16-21(26(23(22)27)24(28)30-25(2,3)4)15-18-11-13-20(14-12-18)19-9-7-6-8-10-19/h6-14,17,21-22H,15-16H2,1-5H3/t17?,21-,22?/m1/s1. The van der Waals surface area contributed by atoms with Gasteiger partial charge in [0.25, 0.3) is 0 Å². The maximum Gasteiger partial charge on any atom is 0.417 e. The summed E-state index contributed by atoms with van der Waals surface area (Å²) in [6.07, 6.45) is 0.317. The van der Waals surface area contributed by atoms with Crippen molar-refractivity contribution in [2.24, 2.45) is 5.92 Å². The maximum absolute atomic E-state index is 13.0. The molecule has 0 radical (unpaired) electrons. The van der Waals surface area contributed by atoms with Crippen LogP contribution in [0.1, 0.15) is 39.7 Å². The van der Waals surface area contributed by atoms with Gasteiger partial charge >= 0.3 is 6.09 Å². The van der Waals surface area contributed by atoms with Gasteiger partial charge in [0.15, 0.2) is 0 Å². The third-order valence-corrected chi connectivity index (χ3v) is 5.51. The van der Waals surface area contributed by atoms with E-state index in [2.05, 4.69) is 36.4 Å². The van der Waals surface area contributed by atoms with Crippen LogP contribution in [-0.2, 0) is 20.7 Å². The highest BCUT2D eigenvalue weighted by molar-refractivity contribution is 5.96. The minimum atomic E-state index is -0.662. The lowest BCUT2D eigenvalue weighted by atomic mass is 9.95. The van der Waals surface area contributed by atoms with E-state index in [1.807, 2.05) is 25.1 Å². The molecule has 0 N–H and O–H groups in total. The number of hydrogen-bond donors (Lipinski definition) is 0. The third kappa shape index (κ3) is 5.08. The molecule has 0 saturated carbocycles. The van der Waals surface area contributed by atoms with Crippen molar-refractivity contribution in [1.82, 2.24) is 4.90 Å². The van der Waals surface area contributed by atoms with Crippen molar-refractivity contribution >= 4 is 12.0 Å². The van der Waals surface area contributed by atoms with Gasteiger partial charge in [0, 0.05) is 13.2 Å². The molecule has 5 heteroatoms. The maximum atomic E-state index is 13.0. The summed E-state index contributed by atoms with van der Waals surface area (Å²) < 4.78 is 10.9. The average Bonchev–Trinajstić information content (AvgIpc) is 3.03. The van der Waals surface area contributed by atoms with Crippen LogP contribution in [0.5, 0.6) is 0 Å². The number of ether oxygens (including phenoxy) is 2. The highest BCUT2D eigenvalue weighted by atomic mass is 16.6.